The lowest BCUT2D eigenvalue weighted by atomic mass is 9.87. The summed E-state index contributed by atoms with van der Waals surface area (Å²) in [6, 6.07) is 42.8. The van der Waals surface area contributed by atoms with Crippen molar-refractivity contribution in [2.45, 2.75) is 0 Å². The fourth-order valence-corrected chi connectivity index (χ4v) is 5.87. The van der Waals surface area contributed by atoms with Crippen LogP contribution in [0.5, 0.6) is 0 Å². The van der Waals surface area contributed by atoms with Crippen molar-refractivity contribution in [2.24, 2.45) is 0 Å². The van der Waals surface area contributed by atoms with E-state index in [0.29, 0.717) is 0 Å². The summed E-state index contributed by atoms with van der Waals surface area (Å²) >= 11 is 0. The van der Waals surface area contributed by atoms with Crippen molar-refractivity contribution >= 4 is 54.4 Å². The van der Waals surface area contributed by atoms with Crippen molar-refractivity contribution in [3.05, 3.63) is 128 Å². The number of para-hydroxylation sites is 2. The molecule has 0 N–H and O–H groups in total. The lowest BCUT2D eigenvalue weighted by Gasteiger charge is -2.17. The minimum absolute atomic E-state index is 0.907. The molecule has 0 unspecified atom stereocenters. The minimum Gasteiger partial charge on any atom is -0.455 e. The molecule has 0 spiro atoms. The first-order valence-electron chi connectivity index (χ1n) is 12.6. The molecule has 0 bridgehead atoms. The summed E-state index contributed by atoms with van der Waals surface area (Å²) in [5.74, 6) is 0. The number of fused-ring (bicyclic) bond motifs is 6. The molecule has 0 saturated heterocycles. The van der Waals surface area contributed by atoms with E-state index in [9.17, 15) is 0 Å². The monoisotopic (exact) mass is 471 g/mol. The maximum absolute atomic E-state index is 6.48. The summed E-state index contributed by atoms with van der Waals surface area (Å²) < 4.78 is 6.48. The molecule has 0 amide bonds. The minimum atomic E-state index is 0.907. The van der Waals surface area contributed by atoms with E-state index in [1.807, 2.05) is 24.4 Å². The third-order valence-corrected chi connectivity index (χ3v) is 7.49. The Morgan fingerprint density at radius 3 is 2.08 bits per heavy atom. The molecule has 8 aromatic rings. The molecule has 0 fully saturated rings. The number of rotatable bonds is 2. The van der Waals surface area contributed by atoms with Crippen LogP contribution >= 0.6 is 0 Å². The lowest BCUT2D eigenvalue weighted by Crippen LogP contribution is -1.93. The van der Waals surface area contributed by atoms with Gasteiger partial charge in [0.1, 0.15) is 11.2 Å². The molecule has 0 aliphatic heterocycles. The van der Waals surface area contributed by atoms with Crippen molar-refractivity contribution in [3.63, 3.8) is 0 Å². The molecule has 0 radical (unpaired) electrons. The quantitative estimate of drug-likeness (QED) is 0.235. The summed E-state index contributed by atoms with van der Waals surface area (Å²) in [5, 5.41) is 8.24. The lowest BCUT2D eigenvalue weighted by molar-refractivity contribution is 0.670. The van der Waals surface area contributed by atoms with Gasteiger partial charge in [-0.2, -0.15) is 0 Å². The SMILES string of the molecule is c1ccc2cc(-c3c4ccccc4c(-c4cccc5c4oc4ccccc45)c4cccnc34)ccc2c1. The van der Waals surface area contributed by atoms with Gasteiger partial charge >= 0.3 is 0 Å². The van der Waals surface area contributed by atoms with Crippen molar-refractivity contribution < 1.29 is 4.42 Å². The number of benzene rings is 6. The van der Waals surface area contributed by atoms with Gasteiger partial charge in [0.2, 0.25) is 0 Å². The Balaban J connectivity index is 1.53. The zero-order valence-corrected chi connectivity index (χ0v) is 20.0. The third kappa shape index (κ3) is 2.96. The van der Waals surface area contributed by atoms with Crippen LogP contribution in [-0.4, -0.2) is 4.98 Å². The maximum atomic E-state index is 6.48. The molecule has 37 heavy (non-hydrogen) atoms. The van der Waals surface area contributed by atoms with Crippen LogP contribution in [0.15, 0.2) is 132 Å². The number of nitrogens with zero attached hydrogens (tertiary/aromatic N) is 1. The third-order valence-electron chi connectivity index (χ3n) is 7.49. The van der Waals surface area contributed by atoms with Crippen molar-refractivity contribution in [2.75, 3.05) is 0 Å². The molecular weight excluding hydrogens is 450 g/mol. The van der Waals surface area contributed by atoms with Crippen LogP contribution in [0.1, 0.15) is 0 Å². The summed E-state index contributed by atoms with van der Waals surface area (Å²) in [5.41, 5.74) is 7.41. The van der Waals surface area contributed by atoms with Crippen LogP contribution in [0.2, 0.25) is 0 Å². The second kappa shape index (κ2) is 7.78. The van der Waals surface area contributed by atoms with Crippen LogP contribution in [0, 0.1) is 0 Å². The van der Waals surface area contributed by atoms with Gasteiger partial charge in [0.15, 0.2) is 0 Å². The number of hydrogen-bond acceptors (Lipinski definition) is 2. The van der Waals surface area contributed by atoms with Crippen molar-refractivity contribution in [1.82, 2.24) is 4.98 Å². The average molecular weight is 472 g/mol. The molecular formula is C35H21NO. The van der Waals surface area contributed by atoms with Gasteiger partial charge in [-0.25, -0.2) is 0 Å². The summed E-state index contributed by atoms with van der Waals surface area (Å²) in [4.78, 5) is 4.97. The number of hydrogen-bond donors (Lipinski definition) is 0. The summed E-state index contributed by atoms with van der Waals surface area (Å²) in [6.45, 7) is 0. The number of pyridine rings is 1. The summed E-state index contributed by atoms with van der Waals surface area (Å²) in [6.07, 6.45) is 1.90. The predicted molar refractivity (Wildman–Crippen MR) is 155 cm³/mol. The van der Waals surface area contributed by atoms with Crippen LogP contribution in [0.3, 0.4) is 0 Å². The van der Waals surface area contributed by atoms with Crippen LogP contribution in [-0.2, 0) is 0 Å². The molecule has 0 aliphatic carbocycles. The zero-order chi connectivity index (χ0) is 24.3. The van der Waals surface area contributed by atoms with E-state index in [1.165, 1.54) is 27.1 Å². The van der Waals surface area contributed by atoms with Gasteiger partial charge in [-0.1, -0.05) is 103 Å². The van der Waals surface area contributed by atoms with E-state index < -0.39 is 0 Å². The molecule has 2 heterocycles. The topological polar surface area (TPSA) is 26.0 Å². The highest BCUT2D eigenvalue weighted by molar-refractivity contribution is 6.23. The molecule has 0 atom stereocenters. The number of furan rings is 1. The molecule has 2 aromatic heterocycles. The first-order valence-corrected chi connectivity index (χ1v) is 12.6. The highest BCUT2D eigenvalue weighted by Gasteiger charge is 2.20. The highest BCUT2D eigenvalue weighted by atomic mass is 16.3. The maximum Gasteiger partial charge on any atom is 0.143 e. The first-order chi connectivity index (χ1) is 18.4. The second-order valence-electron chi connectivity index (χ2n) is 9.54. The van der Waals surface area contributed by atoms with Crippen LogP contribution in [0.4, 0.5) is 0 Å². The zero-order valence-electron chi connectivity index (χ0n) is 20.0. The summed E-state index contributed by atoms with van der Waals surface area (Å²) in [7, 11) is 0. The van der Waals surface area contributed by atoms with Crippen molar-refractivity contribution in [3.8, 4) is 22.3 Å². The first kappa shape index (κ1) is 20.3. The Labute approximate surface area is 213 Å². The molecule has 0 saturated carbocycles. The Morgan fingerprint density at radius 2 is 1.19 bits per heavy atom. The standard InChI is InChI=1S/C35H21NO/c1-2-10-23-21-24(19-18-22(23)9-1)32-26-12-3-4-13-27(26)33(29-16-8-20-36-34(29)32)30-15-7-14-28-25-11-5-6-17-31(25)37-35(28)30/h1-21H. The molecule has 2 nitrogen and oxygen atoms in total. The van der Waals surface area contributed by atoms with Crippen LogP contribution in [0.25, 0.3) is 76.6 Å². The molecule has 2 heteroatoms. The largest absolute Gasteiger partial charge is 0.455 e. The van der Waals surface area contributed by atoms with E-state index in [0.717, 1.165) is 49.5 Å². The molecule has 8 rings (SSSR count). The molecule has 0 aliphatic rings. The predicted octanol–water partition coefficient (Wildman–Crippen LogP) is 9.77. The van der Waals surface area contributed by atoms with Gasteiger partial charge in [-0.3, -0.25) is 4.98 Å². The van der Waals surface area contributed by atoms with E-state index in [1.54, 1.807) is 0 Å². The van der Waals surface area contributed by atoms with Gasteiger partial charge in [0.05, 0.1) is 5.52 Å². The van der Waals surface area contributed by atoms with Gasteiger partial charge in [-0.05, 0) is 45.3 Å². The smallest absolute Gasteiger partial charge is 0.143 e. The van der Waals surface area contributed by atoms with E-state index in [4.69, 9.17) is 9.40 Å². The van der Waals surface area contributed by atoms with E-state index in [2.05, 4.69) is 103 Å². The fraction of sp³-hybridized carbons (Fsp3) is 0. The van der Waals surface area contributed by atoms with Gasteiger partial charge in [0, 0.05) is 39.0 Å². The average Bonchev–Trinajstić information content (AvgIpc) is 3.35. The van der Waals surface area contributed by atoms with Crippen LogP contribution < -0.4 is 0 Å². The van der Waals surface area contributed by atoms with E-state index >= 15 is 0 Å². The van der Waals surface area contributed by atoms with Crippen molar-refractivity contribution in [1.29, 1.82) is 0 Å². The fourth-order valence-electron chi connectivity index (χ4n) is 5.87. The molecule has 6 aromatic carbocycles. The van der Waals surface area contributed by atoms with E-state index in [-0.39, 0.29) is 0 Å². The van der Waals surface area contributed by atoms with Gasteiger partial charge in [0.25, 0.3) is 0 Å². The highest BCUT2D eigenvalue weighted by Crippen LogP contribution is 2.46. The Hall–Kier alpha value is -4.95. The Bertz CT molecular complexity index is 2090. The molecule has 172 valence electrons. The number of aromatic nitrogens is 1. The Kier molecular flexibility index (Phi) is 4.26. The normalized spacial score (nSPS) is 11.8. The second-order valence-corrected chi connectivity index (χ2v) is 9.54. The van der Waals surface area contributed by atoms with Gasteiger partial charge < -0.3 is 4.42 Å². The van der Waals surface area contributed by atoms with Gasteiger partial charge in [-0.15, -0.1) is 0 Å². The Morgan fingerprint density at radius 1 is 0.486 bits per heavy atom.